The third-order valence-electron chi connectivity index (χ3n) is 5.50. The van der Waals surface area contributed by atoms with Gasteiger partial charge in [0.25, 0.3) is 0 Å². The summed E-state index contributed by atoms with van der Waals surface area (Å²) in [7, 11) is 0. The molecular formula is C23H29FN6O. The van der Waals surface area contributed by atoms with Gasteiger partial charge in [0.05, 0.1) is 17.7 Å². The van der Waals surface area contributed by atoms with Crippen LogP contribution in [0.25, 0.3) is 0 Å². The molecule has 1 saturated heterocycles. The van der Waals surface area contributed by atoms with Gasteiger partial charge in [0.15, 0.2) is 5.82 Å². The number of aromatic nitrogens is 5. The lowest BCUT2D eigenvalue weighted by molar-refractivity contribution is 0.0566. The molecular weight excluding hydrogens is 395 g/mol. The zero-order valence-electron chi connectivity index (χ0n) is 18.3. The number of nitrogens with zero attached hydrogens (tertiary/aromatic N) is 6. The fraction of sp³-hybridized carbons (Fsp3) is 0.478. The van der Waals surface area contributed by atoms with Crippen molar-refractivity contribution in [3.8, 4) is 0 Å². The molecule has 0 bridgehead atoms. The average molecular weight is 425 g/mol. The molecule has 7 nitrogen and oxygen atoms in total. The van der Waals surface area contributed by atoms with Crippen molar-refractivity contribution < 1.29 is 9.13 Å². The summed E-state index contributed by atoms with van der Waals surface area (Å²) in [4.78, 5) is 6.59. The van der Waals surface area contributed by atoms with Crippen LogP contribution in [0.3, 0.4) is 0 Å². The first-order valence-electron chi connectivity index (χ1n) is 10.7. The molecule has 1 fully saturated rings. The van der Waals surface area contributed by atoms with E-state index in [1.54, 1.807) is 6.20 Å². The molecule has 0 N–H and O–H groups in total. The topological polar surface area (TPSA) is 69.0 Å². The van der Waals surface area contributed by atoms with Crippen molar-refractivity contribution in [2.24, 2.45) is 0 Å². The number of tetrazole rings is 1. The van der Waals surface area contributed by atoms with E-state index in [-0.39, 0.29) is 23.5 Å². The Bertz CT molecular complexity index is 964. The molecule has 0 radical (unpaired) electrons. The summed E-state index contributed by atoms with van der Waals surface area (Å²) in [6.45, 7) is 8.35. The molecule has 3 aromatic rings. The zero-order valence-corrected chi connectivity index (χ0v) is 18.3. The van der Waals surface area contributed by atoms with Crippen LogP contribution in [-0.2, 0) is 16.8 Å². The van der Waals surface area contributed by atoms with Gasteiger partial charge in [0, 0.05) is 32.1 Å². The van der Waals surface area contributed by atoms with Crippen LogP contribution in [0.2, 0.25) is 0 Å². The molecule has 4 rings (SSSR count). The van der Waals surface area contributed by atoms with Gasteiger partial charge in [0.1, 0.15) is 5.82 Å². The van der Waals surface area contributed by atoms with Crippen LogP contribution in [0.15, 0.2) is 48.8 Å². The van der Waals surface area contributed by atoms with Crippen molar-refractivity contribution in [2.45, 2.75) is 57.8 Å². The summed E-state index contributed by atoms with van der Waals surface area (Å²) in [5.74, 6) is 0.455. The van der Waals surface area contributed by atoms with Gasteiger partial charge in [-0.2, -0.15) is 0 Å². The molecule has 2 atom stereocenters. The van der Waals surface area contributed by atoms with Crippen molar-refractivity contribution >= 4 is 0 Å². The molecule has 0 aliphatic carbocycles. The summed E-state index contributed by atoms with van der Waals surface area (Å²) in [5.41, 5.74) is 1.71. The predicted octanol–water partition coefficient (Wildman–Crippen LogP) is 3.73. The third-order valence-corrected chi connectivity index (χ3v) is 5.50. The minimum Gasteiger partial charge on any atom is -0.377 e. The Kier molecular flexibility index (Phi) is 6.38. The van der Waals surface area contributed by atoms with E-state index in [9.17, 15) is 4.39 Å². The number of benzene rings is 1. The molecule has 31 heavy (non-hydrogen) atoms. The highest BCUT2D eigenvalue weighted by Crippen LogP contribution is 2.32. The summed E-state index contributed by atoms with van der Waals surface area (Å²) in [6.07, 6.45) is 5.86. The number of halogens is 1. The maximum Gasteiger partial charge on any atom is 0.173 e. The van der Waals surface area contributed by atoms with E-state index in [0.717, 1.165) is 36.4 Å². The van der Waals surface area contributed by atoms with Gasteiger partial charge in [-0.05, 0) is 73.4 Å². The van der Waals surface area contributed by atoms with Gasteiger partial charge in [-0.1, -0.05) is 18.2 Å². The molecule has 0 saturated carbocycles. The Labute approximate surface area is 182 Å². The highest BCUT2D eigenvalue weighted by molar-refractivity contribution is 5.26. The van der Waals surface area contributed by atoms with E-state index >= 15 is 0 Å². The molecule has 1 aliphatic rings. The van der Waals surface area contributed by atoms with E-state index in [4.69, 9.17) is 4.74 Å². The van der Waals surface area contributed by atoms with Gasteiger partial charge in [-0.15, -0.1) is 5.10 Å². The number of ether oxygens (including phenoxy) is 1. The predicted molar refractivity (Wildman–Crippen MR) is 115 cm³/mol. The minimum atomic E-state index is -0.305. The maximum absolute atomic E-state index is 13.7. The lowest BCUT2D eigenvalue weighted by Crippen LogP contribution is -2.39. The molecule has 8 heteroatoms. The van der Waals surface area contributed by atoms with Crippen molar-refractivity contribution in [2.75, 3.05) is 13.2 Å². The van der Waals surface area contributed by atoms with Crippen LogP contribution in [0.5, 0.6) is 0 Å². The van der Waals surface area contributed by atoms with Crippen LogP contribution in [0, 0.1) is 5.82 Å². The SMILES string of the molecule is CC(C)(C)n1nnnc1C(c1ccc(F)cc1)N(Cc1cccnc1)CC1CCCO1. The van der Waals surface area contributed by atoms with Gasteiger partial charge in [-0.3, -0.25) is 9.88 Å². The molecule has 1 aliphatic heterocycles. The van der Waals surface area contributed by atoms with Gasteiger partial charge >= 0.3 is 0 Å². The molecule has 2 unspecified atom stereocenters. The van der Waals surface area contributed by atoms with Crippen LogP contribution in [0.4, 0.5) is 4.39 Å². The molecule has 0 spiro atoms. The quantitative estimate of drug-likeness (QED) is 0.576. The van der Waals surface area contributed by atoms with E-state index in [1.165, 1.54) is 12.1 Å². The fourth-order valence-electron chi connectivity index (χ4n) is 4.05. The number of hydrogen-bond donors (Lipinski definition) is 0. The first-order chi connectivity index (χ1) is 14.9. The second kappa shape index (κ2) is 9.20. The monoisotopic (exact) mass is 424 g/mol. The summed E-state index contributed by atoms with van der Waals surface area (Å²) in [6, 6.07) is 10.3. The lowest BCUT2D eigenvalue weighted by atomic mass is 10.0. The Morgan fingerprint density at radius 3 is 2.68 bits per heavy atom. The molecule has 3 heterocycles. The molecule has 164 valence electrons. The van der Waals surface area contributed by atoms with E-state index in [2.05, 4.69) is 52.2 Å². The highest BCUT2D eigenvalue weighted by atomic mass is 19.1. The Hall–Kier alpha value is -2.71. The van der Waals surface area contributed by atoms with E-state index in [0.29, 0.717) is 13.1 Å². The van der Waals surface area contributed by atoms with Crippen molar-refractivity contribution in [3.63, 3.8) is 0 Å². The van der Waals surface area contributed by atoms with Crippen molar-refractivity contribution in [1.29, 1.82) is 0 Å². The second-order valence-electron chi connectivity index (χ2n) is 9.00. The van der Waals surface area contributed by atoms with Gasteiger partial charge in [-0.25, -0.2) is 9.07 Å². The van der Waals surface area contributed by atoms with Crippen LogP contribution in [-0.4, -0.2) is 49.3 Å². The Morgan fingerprint density at radius 1 is 1.23 bits per heavy atom. The van der Waals surface area contributed by atoms with E-state index < -0.39 is 0 Å². The average Bonchev–Trinajstić information content (AvgIpc) is 3.42. The lowest BCUT2D eigenvalue weighted by Gasteiger charge is -2.34. The van der Waals surface area contributed by atoms with Crippen molar-refractivity contribution in [1.82, 2.24) is 30.1 Å². The minimum absolute atomic E-state index is 0.138. The van der Waals surface area contributed by atoms with Crippen LogP contribution >= 0.6 is 0 Å². The fourth-order valence-corrected chi connectivity index (χ4v) is 4.05. The smallest absolute Gasteiger partial charge is 0.173 e. The first kappa shape index (κ1) is 21.5. The number of rotatable bonds is 7. The summed E-state index contributed by atoms with van der Waals surface area (Å²) < 4.78 is 21.6. The van der Waals surface area contributed by atoms with Gasteiger partial charge in [0.2, 0.25) is 0 Å². The van der Waals surface area contributed by atoms with Crippen molar-refractivity contribution in [3.05, 3.63) is 71.6 Å². The normalized spacial score (nSPS) is 17.9. The largest absolute Gasteiger partial charge is 0.377 e. The Balaban J connectivity index is 1.79. The third kappa shape index (κ3) is 5.14. The highest BCUT2D eigenvalue weighted by Gasteiger charge is 2.33. The standard InChI is InChI=1S/C23H29FN6O/c1-23(2,3)30-22(26-27-28-30)21(18-8-10-19(24)11-9-18)29(16-20-7-5-13-31-20)15-17-6-4-12-25-14-17/h4,6,8-12,14,20-21H,5,7,13,15-16H2,1-3H3. The zero-order chi connectivity index (χ0) is 21.8. The maximum atomic E-state index is 13.7. The summed E-state index contributed by atoms with van der Waals surface area (Å²) in [5, 5.41) is 12.7. The van der Waals surface area contributed by atoms with E-state index in [1.807, 2.05) is 29.1 Å². The summed E-state index contributed by atoms with van der Waals surface area (Å²) >= 11 is 0. The molecule has 2 aromatic heterocycles. The van der Waals surface area contributed by atoms with Crippen LogP contribution < -0.4 is 0 Å². The number of hydrogen-bond acceptors (Lipinski definition) is 6. The van der Waals surface area contributed by atoms with Gasteiger partial charge < -0.3 is 4.74 Å². The first-order valence-corrected chi connectivity index (χ1v) is 10.7. The molecule has 1 aromatic carbocycles. The van der Waals surface area contributed by atoms with Crippen LogP contribution in [0.1, 0.15) is 56.6 Å². The number of pyridine rings is 1. The molecule has 0 amide bonds. The Morgan fingerprint density at radius 2 is 2.03 bits per heavy atom. The second-order valence-corrected chi connectivity index (χ2v) is 9.00.